The Morgan fingerprint density at radius 2 is 2.12 bits per heavy atom. The quantitative estimate of drug-likeness (QED) is 0.687. The van der Waals surface area contributed by atoms with Crippen LogP contribution in [-0.2, 0) is 6.54 Å². The van der Waals surface area contributed by atoms with Gasteiger partial charge in [-0.15, -0.1) is 21.5 Å². The lowest BCUT2D eigenvalue weighted by atomic mass is 9.97. The molecule has 0 radical (unpaired) electrons. The molecule has 3 aromatic rings. The van der Waals surface area contributed by atoms with Gasteiger partial charge in [-0.3, -0.25) is 4.90 Å². The highest BCUT2D eigenvalue weighted by atomic mass is 32.1. The zero-order chi connectivity index (χ0) is 17.1. The molecular formula is C19H21N3O2S. The molecule has 6 heteroatoms. The lowest BCUT2D eigenvalue weighted by molar-refractivity contribution is 0.186. The zero-order valence-corrected chi connectivity index (χ0v) is 15.0. The summed E-state index contributed by atoms with van der Waals surface area (Å²) in [5, 5.41) is 10.6. The molecular weight excluding hydrogens is 334 g/mol. The lowest BCUT2D eigenvalue weighted by Crippen LogP contribution is -2.34. The largest absolute Gasteiger partial charge is 0.497 e. The normalized spacial score (nSPS) is 18.4. The number of likely N-dealkylation sites (tertiary alicyclic amines) is 1. The van der Waals surface area contributed by atoms with Crippen molar-refractivity contribution in [3.8, 4) is 16.5 Å². The van der Waals surface area contributed by atoms with E-state index < -0.39 is 0 Å². The van der Waals surface area contributed by atoms with Crippen LogP contribution in [0.1, 0.15) is 30.2 Å². The first-order chi connectivity index (χ1) is 12.3. The summed E-state index contributed by atoms with van der Waals surface area (Å²) in [5.41, 5.74) is 1.30. The predicted octanol–water partition coefficient (Wildman–Crippen LogP) is 4.19. The zero-order valence-electron chi connectivity index (χ0n) is 14.2. The first kappa shape index (κ1) is 16.3. The maximum atomic E-state index is 5.94. The van der Waals surface area contributed by atoms with Crippen molar-refractivity contribution < 1.29 is 9.15 Å². The Hall–Kier alpha value is -2.18. The lowest BCUT2D eigenvalue weighted by Gasteiger charge is -2.31. The van der Waals surface area contributed by atoms with E-state index in [0.29, 0.717) is 11.8 Å². The van der Waals surface area contributed by atoms with Gasteiger partial charge in [-0.1, -0.05) is 18.2 Å². The van der Waals surface area contributed by atoms with Crippen molar-refractivity contribution in [2.45, 2.75) is 25.3 Å². The van der Waals surface area contributed by atoms with Crippen molar-refractivity contribution in [2.75, 3.05) is 20.2 Å². The molecule has 5 nitrogen and oxygen atoms in total. The second-order valence-corrected chi connectivity index (χ2v) is 7.29. The number of nitrogens with zero attached hydrogens (tertiary/aromatic N) is 3. The average Bonchev–Trinajstić information content (AvgIpc) is 3.34. The first-order valence-electron chi connectivity index (χ1n) is 8.54. The Labute approximate surface area is 151 Å². The number of ether oxygens (including phenoxy) is 1. The Bertz CT molecular complexity index is 798. The van der Waals surface area contributed by atoms with E-state index in [0.717, 1.165) is 49.0 Å². The van der Waals surface area contributed by atoms with Gasteiger partial charge in [-0.05, 0) is 48.5 Å². The molecule has 0 aliphatic carbocycles. The molecule has 0 amide bonds. The summed E-state index contributed by atoms with van der Waals surface area (Å²) in [6, 6.07) is 12.3. The van der Waals surface area contributed by atoms with Crippen LogP contribution >= 0.6 is 11.3 Å². The van der Waals surface area contributed by atoms with Crippen molar-refractivity contribution >= 4 is 11.3 Å². The number of benzene rings is 1. The molecule has 0 N–H and O–H groups in total. The van der Waals surface area contributed by atoms with Gasteiger partial charge in [0.1, 0.15) is 5.75 Å². The highest BCUT2D eigenvalue weighted by Crippen LogP contribution is 2.30. The van der Waals surface area contributed by atoms with E-state index in [9.17, 15) is 0 Å². The third-order valence-electron chi connectivity index (χ3n) is 4.59. The van der Waals surface area contributed by atoms with Crippen LogP contribution in [0.3, 0.4) is 0 Å². The van der Waals surface area contributed by atoms with E-state index in [1.165, 1.54) is 5.56 Å². The molecule has 1 fully saturated rings. The molecule has 3 heterocycles. The van der Waals surface area contributed by atoms with Crippen LogP contribution in [0.25, 0.3) is 10.8 Å². The molecule has 0 unspecified atom stereocenters. The fourth-order valence-corrected chi connectivity index (χ4v) is 3.93. The highest BCUT2D eigenvalue weighted by Gasteiger charge is 2.26. The Morgan fingerprint density at radius 1 is 1.24 bits per heavy atom. The monoisotopic (exact) mass is 355 g/mol. The van der Waals surface area contributed by atoms with Gasteiger partial charge in [0.05, 0.1) is 17.9 Å². The summed E-state index contributed by atoms with van der Waals surface area (Å²) in [6.45, 7) is 3.00. The van der Waals surface area contributed by atoms with Crippen molar-refractivity contribution in [1.82, 2.24) is 15.1 Å². The molecule has 1 aliphatic heterocycles. The van der Waals surface area contributed by atoms with Crippen LogP contribution in [0.5, 0.6) is 5.75 Å². The molecule has 2 aromatic heterocycles. The van der Waals surface area contributed by atoms with Crippen molar-refractivity contribution in [3.63, 3.8) is 0 Å². The molecule has 4 rings (SSSR count). The van der Waals surface area contributed by atoms with Crippen LogP contribution in [0.2, 0.25) is 0 Å². The van der Waals surface area contributed by atoms with Crippen LogP contribution in [0.15, 0.2) is 46.2 Å². The van der Waals surface area contributed by atoms with Gasteiger partial charge < -0.3 is 9.15 Å². The number of hydrogen-bond acceptors (Lipinski definition) is 6. The maximum absolute atomic E-state index is 5.94. The summed E-state index contributed by atoms with van der Waals surface area (Å²) in [7, 11) is 1.69. The van der Waals surface area contributed by atoms with Gasteiger partial charge in [-0.25, -0.2) is 0 Å². The highest BCUT2D eigenvalue weighted by molar-refractivity contribution is 7.13. The van der Waals surface area contributed by atoms with E-state index in [4.69, 9.17) is 9.15 Å². The molecule has 1 saturated heterocycles. The van der Waals surface area contributed by atoms with E-state index in [1.54, 1.807) is 18.4 Å². The Morgan fingerprint density at radius 3 is 2.88 bits per heavy atom. The third-order valence-corrected chi connectivity index (χ3v) is 5.45. The van der Waals surface area contributed by atoms with Gasteiger partial charge >= 0.3 is 0 Å². The SMILES string of the molecule is COc1ccc(CN2CCC[C@H](c3nnc(-c4cccs4)o3)C2)cc1. The molecule has 1 atom stereocenters. The Balaban J connectivity index is 1.42. The van der Waals surface area contributed by atoms with Crippen LogP contribution < -0.4 is 4.74 Å². The van der Waals surface area contributed by atoms with Crippen LogP contribution in [0.4, 0.5) is 0 Å². The predicted molar refractivity (Wildman–Crippen MR) is 97.9 cm³/mol. The first-order valence-corrected chi connectivity index (χ1v) is 9.42. The number of thiophene rings is 1. The Kier molecular flexibility index (Phi) is 4.81. The van der Waals surface area contributed by atoms with Gasteiger partial charge in [0.25, 0.3) is 5.89 Å². The fourth-order valence-electron chi connectivity index (χ4n) is 3.29. The van der Waals surface area contributed by atoms with E-state index >= 15 is 0 Å². The summed E-state index contributed by atoms with van der Waals surface area (Å²) in [6.07, 6.45) is 2.25. The minimum Gasteiger partial charge on any atom is -0.497 e. The van der Waals surface area contributed by atoms with E-state index in [2.05, 4.69) is 27.2 Å². The second-order valence-electron chi connectivity index (χ2n) is 6.35. The average molecular weight is 355 g/mol. The summed E-state index contributed by atoms with van der Waals surface area (Å²) >= 11 is 1.62. The number of methoxy groups -OCH3 is 1. The number of hydrogen-bond donors (Lipinski definition) is 0. The fraction of sp³-hybridized carbons (Fsp3) is 0.368. The maximum Gasteiger partial charge on any atom is 0.257 e. The molecule has 0 spiro atoms. The van der Waals surface area contributed by atoms with Gasteiger partial charge in [-0.2, -0.15) is 0 Å². The molecule has 0 saturated carbocycles. The summed E-state index contributed by atoms with van der Waals surface area (Å²) < 4.78 is 11.2. The number of rotatable bonds is 5. The topological polar surface area (TPSA) is 51.4 Å². The molecule has 1 aliphatic rings. The van der Waals surface area contributed by atoms with Crippen LogP contribution in [-0.4, -0.2) is 35.3 Å². The van der Waals surface area contributed by atoms with Crippen molar-refractivity contribution in [3.05, 3.63) is 53.2 Å². The van der Waals surface area contributed by atoms with Gasteiger partial charge in [0.15, 0.2) is 0 Å². The summed E-state index contributed by atoms with van der Waals surface area (Å²) in [5.74, 6) is 2.61. The third kappa shape index (κ3) is 3.75. The summed E-state index contributed by atoms with van der Waals surface area (Å²) in [4.78, 5) is 3.50. The molecule has 25 heavy (non-hydrogen) atoms. The minimum absolute atomic E-state index is 0.313. The van der Waals surface area contributed by atoms with Crippen molar-refractivity contribution in [1.29, 1.82) is 0 Å². The number of piperidine rings is 1. The molecule has 0 bridgehead atoms. The van der Waals surface area contributed by atoms with Crippen molar-refractivity contribution in [2.24, 2.45) is 0 Å². The number of aromatic nitrogens is 2. The smallest absolute Gasteiger partial charge is 0.257 e. The van der Waals surface area contributed by atoms with Crippen LogP contribution in [0, 0.1) is 0 Å². The molecule has 130 valence electrons. The minimum atomic E-state index is 0.313. The second kappa shape index (κ2) is 7.37. The van der Waals surface area contributed by atoms with E-state index in [1.807, 2.05) is 29.6 Å². The van der Waals surface area contributed by atoms with Gasteiger partial charge in [0.2, 0.25) is 5.89 Å². The standard InChI is InChI=1S/C19H21N3O2S/c1-23-16-8-6-14(7-9-16)12-22-10-2-4-15(13-22)18-20-21-19(24-18)17-5-3-11-25-17/h3,5-9,11,15H,2,4,10,12-13H2,1H3/t15-/m0/s1. The molecule has 1 aromatic carbocycles. The van der Waals surface area contributed by atoms with E-state index in [-0.39, 0.29) is 0 Å². The van der Waals surface area contributed by atoms with Gasteiger partial charge in [0, 0.05) is 13.1 Å².